The van der Waals surface area contributed by atoms with E-state index in [9.17, 15) is 8.42 Å². The van der Waals surface area contributed by atoms with Crippen molar-refractivity contribution >= 4 is 15.7 Å². The minimum absolute atomic E-state index is 0.00560. The Morgan fingerprint density at radius 1 is 1.06 bits per heavy atom. The van der Waals surface area contributed by atoms with Crippen LogP contribution in [0.4, 0.5) is 5.69 Å². The Morgan fingerprint density at radius 3 is 2.28 bits per heavy atom. The molecule has 0 bridgehead atoms. The number of hydrogen-bond acceptors (Lipinski definition) is 3. The van der Waals surface area contributed by atoms with Crippen molar-refractivity contribution in [3.8, 4) is 0 Å². The van der Waals surface area contributed by atoms with Gasteiger partial charge in [0.05, 0.1) is 6.26 Å². The molecule has 4 nitrogen and oxygen atoms in total. The number of sulfonamides is 1. The molecule has 1 aromatic rings. The van der Waals surface area contributed by atoms with Crippen LogP contribution < -0.4 is 10.0 Å². The van der Waals surface area contributed by atoms with Gasteiger partial charge in [0.2, 0.25) is 10.0 Å². The Balaban J connectivity index is 2.04. The molecule has 0 radical (unpaired) electrons. The van der Waals surface area contributed by atoms with Crippen molar-refractivity contribution in [3.63, 3.8) is 0 Å². The van der Waals surface area contributed by atoms with Gasteiger partial charge in [-0.3, -0.25) is 0 Å². The summed E-state index contributed by atoms with van der Waals surface area (Å²) < 4.78 is 25.5. The highest BCUT2D eigenvalue weighted by Crippen LogP contribution is 2.22. The lowest BCUT2D eigenvalue weighted by atomic mass is 9.91. The largest absolute Gasteiger partial charge is 0.381 e. The topological polar surface area (TPSA) is 58.2 Å². The summed E-state index contributed by atoms with van der Waals surface area (Å²) in [5.74, 6) is 0. The van der Waals surface area contributed by atoms with Gasteiger partial charge in [-0.2, -0.15) is 0 Å². The third-order valence-electron chi connectivity index (χ3n) is 3.26. The Kier molecular flexibility index (Phi) is 4.24. The highest BCUT2D eigenvalue weighted by Gasteiger charge is 2.27. The van der Waals surface area contributed by atoms with Crippen LogP contribution in [0.25, 0.3) is 0 Å². The zero-order chi connectivity index (χ0) is 13.0. The van der Waals surface area contributed by atoms with E-state index in [-0.39, 0.29) is 12.1 Å². The van der Waals surface area contributed by atoms with E-state index < -0.39 is 10.0 Å². The summed E-state index contributed by atoms with van der Waals surface area (Å²) in [6.07, 6.45) is 5.35. The fourth-order valence-electron chi connectivity index (χ4n) is 2.47. The van der Waals surface area contributed by atoms with Crippen molar-refractivity contribution in [1.82, 2.24) is 4.72 Å². The van der Waals surface area contributed by atoms with Gasteiger partial charge in [-0.15, -0.1) is 0 Å². The summed E-state index contributed by atoms with van der Waals surface area (Å²) in [7, 11) is -3.14. The lowest BCUT2D eigenvalue weighted by Gasteiger charge is -2.32. The van der Waals surface area contributed by atoms with E-state index in [0.29, 0.717) is 0 Å². The molecular weight excluding hydrogens is 248 g/mol. The molecule has 100 valence electrons. The predicted molar refractivity (Wildman–Crippen MR) is 74.1 cm³/mol. The standard InChI is InChI=1S/C13H20N2O2S/c1-18(16,17)15-13-10-6-5-9-12(13)14-11-7-3-2-4-8-11/h2-4,7-8,12-15H,5-6,9-10H2,1H3/t12-,13-/m0/s1. The van der Waals surface area contributed by atoms with Crippen LogP contribution in [0, 0.1) is 0 Å². The average Bonchev–Trinajstić information content (AvgIpc) is 2.31. The first-order chi connectivity index (χ1) is 8.54. The van der Waals surface area contributed by atoms with E-state index in [1.165, 1.54) is 6.26 Å². The Bertz CT molecular complexity index is 473. The third kappa shape index (κ3) is 3.99. The molecular formula is C13H20N2O2S. The van der Waals surface area contributed by atoms with Crippen LogP contribution >= 0.6 is 0 Å². The normalized spacial score (nSPS) is 24.7. The van der Waals surface area contributed by atoms with E-state index in [0.717, 1.165) is 31.4 Å². The van der Waals surface area contributed by atoms with Crippen LogP contribution in [-0.2, 0) is 10.0 Å². The first-order valence-corrected chi connectivity index (χ1v) is 8.22. The molecule has 0 aromatic heterocycles. The van der Waals surface area contributed by atoms with E-state index in [1.807, 2.05) is 30.3 Å². The molecule has 1 aromatic carbocycles. The van der Waals surface area contributed by atoms with Crippen LogP contribution in [0.1, 0.15) is 25.7 Å². The van der Waals surface area contributed by atoms with Gasteiger partial charge in [-0.1, -0.05) is 31.0 Å². The van der Waals surface area contributed by atoms with Crippen molar-refractivity contribution in [2.75, 3.05) is 11.6 Å². The van der Waals surface area contributed by atoms with E-state index in [2.05, 4.69) is 10.0 Å². The molecule has 0 spiro atoms. The summed E-state index contributed by atoms with van der Waals surface area (Å²) in [4.78, 5) is 0. The summed E-state index contributed by atoms with van der Waals surface area (Å²) in [5, 5.41) is 3.43. The molecule has 0 saturated heterocycles. The Hall–Kier alpha value is -1.07. The van der Waals surface area contributed by atoms with Crippen molar-refractivity contribution < 1.29 is 8.42 Å². The van der Waals surface area contributed by atoms with Crippen molar-refractivity contribution in [1.29, 1.82) is 0 Å². The molecule has 1 aliphatic rings. The second kappa shape index (κ2) is 5.71. The number of benzene rings is 1. The van der Waals surface area contributed by atoms with Gasteiger partial charge in [0.15, 0.2) is 0 Å². The van der Waals surface area contributed by atoms with E-state index >= 15 is 0 Å². The zero-order valence-corrected chi connectivity index (χ0v) is 11.4. The van der Waals surface area contributed by atoms with Gasteiger partial charge in [0.1, 0.15) is 0 Å². The van der Waals surface area contributed by atoms with Gasteiger partial charge in [-0.25, -0.2) is 13.1 Å². The third-order valence-corrected chi connectivity index (χ3v) is 3.99. The first-order valence-electron chi connectivity index (χ1n) is 6.33. The van der Waals surface area contributed by atoms with Crippen molar-refractivity contribution in [2.24, 2.45) is 0 Å². The van der Waals surface area contributed by atoms with Crippen LogP contribution in [-0.4, -0.2) is 26.8 Å². The van der Waals surface area contributed by atoms with Crippen LogP contribution in [0.15, 0.2) is 30.3 Å². The molecule has 1 fully saturated rings. The maximum atomic E-state index is 11.4. The summed E-state index contributed by atoms with van der Waals surface area (Å²) in [6.45, 7) is 0. The maximum Gasteiger partial charge on any atom is 0.209 e. The van der Waals surface area contributed by atoms with E-state index in [4.69, 9.17) is 0 Å². The molecule has 1 saturated carbocycles. The number of hydrogen-bond donors (Lipinski definition) is 2. The number of rotatable bonds is 4. The average molecular weight is 268 g/mol. The first kappa shape index (κ1) is 13.4. The molecule has 1 aliphatic carbocycles. The highest BCUT2D eigenvalue weighted by atomic mass is 32.2. The van der Waals surface area contributed by atoms with Gasteiger partial charge < -0.3 is 5.32 Å². The molecule has 2 atom stereocenters. The predicted octanol–water partition coefficient (Wildman–Crippen LogP) is 1.96. The van der Waals surface area contributed by atoms with Crippen LogP contribution in [0.3, 0.4) is 0 Å². The molecule has 2 N–H and O–H groups in total. The molecule has 0 aliphatic heterocycles. The Morgan fingerprint density at radius 2 is 1.67 bits per heavy atom. The fraction of sp³-hybridized carbons (Fsp3) is 0.538. The SMILES string of the molecule is CS(=O)(=O)N[C@H]1CCCC[C@@H]1Nc1ccccc1. The van der Waals surface area contributed by atoms with Crippen LogP contribution in [0.5, 0.6) is 0 Å². The van der Waals surface area contributed by atoms with E-state index in [1.54, 1.807) is 0 Å². The van der Waals surface area contributed by atoms with Crippen LogP contribution in [0.2, 0.25) is 0 Å². The smallest absolute Gasteiger partial charge is 0.209 e. The summed E-state index contributed by atoms with van der Waals surface area (Å²) in [5.41, 5.74) is 1.05. The van der Waals surface area contributed by atoms with Gasteiger partial charge >= 0.3 is 0 Å². The van der Waals surface area contributed by atoms with Gasteiger partial charge in [0.25, 0.3) is 0 Å². The number of anilines is 1. The maximum absolute atomic E-state index is 11.4. The highest BCUT2D eigenvalue weighted by molar-refractivity contribution is 7.88. The molecule has 0 unspecified atom stereocenters. The minimum atomic E-state index is -3.14. The lowest BCUT2D eigenvalue weighted by molar-refractivity contribution is 0.379. The summed E-state index contributed by atoms with van der Waals surface area (Å²) in [6, 6.07) is 10.1. The molecule has 2 rings (SSSR count). The monoisotopic (exact) mass is 268 g/mol. The molecule has 18 heavy (non-hydrogen) atoms. The molecule has 5 heteroatoms. The second-order valence-corrected chi connectivity index (χ2v) is 6.68. The van der Waals surface area contributed by atoms with Gasteiger partial charge in [0, 0.05) is 17.8 Å². The minimum Gasteiger partial charge on any atom is -0.381 e. The Labute approximate surface area is 109 Å². The van der Waals surface area contributed by atoms with Gasteiger partial charge in [-0.05, 0) is 25.0 Å². The molecule has 0 heterocycles. The lowest BCUT2D eigenvalue weighted by Crippen LogP contribution is -2.48. The van der Waals surface area contributed by atoms with Crippen molar-refractivity contribution in [3.05, 3.63) is 30.3 Å². The zero-order valence-electron chi connectivity index (χ0n) is 10.6. The molecule has 0 amide bonds. The number of nitrogens with one attached hydrogen (secondary N) is 2. The van der Waals surface area contributed by atoms with Crippen molar-refractivity contribution in [2.45, 2.75) is 37.8 Å². The quantitative estimate of drug-likeness (QED) is 0.877. The second-order valence-electron chi connectivity index (χ2n) is 4.90. The summed E-state index contributed by atoms with van der Waals surface area (Å²) >= 11 is 0. The number of para-hydroxylation sites is 1. The fourth-order valence-corrected chi connectivity index (χ4v) is 3.30.